The van der Waals surface area contributed by atoms with Crippen LogP contribution in [0.4, 0.5) is 0 Å². The Labute approximate surface area is 128 Å². The lowest BCUT2D eigenvalue weighted by atomic mass is 10.2. The first-order chi connectivity index (χ1) is 9.58. The number of nitrogens with zero attached hydrogens (tertiary/aromatic N) is 1. The van der Waals surface area contributed by atoms with Gasteiger partial charge in [0.25, 0.3) is 0 Å². The molecule has 1 atom stereocenters. The van der Waals surface area contributed by atoms with Gasteiger partial charge < -0.3 is 15.0 Å². The van der Waals surface area contributed by atoms with Crippen molar-refractivity contribution in [2.24, 2.45) is 0 Å². The number of rotatable bonds is 4. The van der Waals surface area contributed by atoms with E-state index >= 15 is 0 Å². The third-order valence-electron chi connectivity index (χ3n) is 3.48. The predicted molar refractivity (Wildman–Crippen MR) is 83.0 cm³/mol. The number of carbonyl (C=O) groups is 1. The number of halogens is 1. The molecular formula is C15H21BrN2O2. The zero-order valence-corrected chi connectivity index (χ0v) is 13.6. The van der Waals surface area contributed by atoms with E-state index in [0.717, 1.165) is 29.9 Å². The van der Waals surface area contributed by atoms with E-state index in [1.165, 1.54) is 5.56 Å². The molecule has 1 aromatic carbocycles. The monoisotopic (exact) mass is 340 g/mol. The molecule has 110 valence electrons. The number of piperazine rings is 1. The van der Waals surface area contributed by atoms with Crippen molar-refractivity contribution in [2.75, 3.05) is 26.2 Å². The Kier molecular flexibility index (Phi) is 5.43. The average Bonchev–Trinajstić information content (AvgIpc) is 2.41. The molecule has 5 heteroatoms. The summed E-state index contributed by atoms with van der Waals surface area (Å²) < 4.78 is 6.61. The molecule has 0 saturated carbocycles. The van der Waals surface area contributed by atoms with E-state index in [0.29, 0.717) is 13.0 Å². The Bertz CT molecular complexity index is 479. The van der Waals surface area contributed by atoms with Crippen LogP contribution in [-0.2, 0) is 4.79 Å². The predicted octanol–water partition coefficient (Wildman–Crippen LogP) is 2.35. The number of ether oxygens (including phenoxy) is 1. The van der Waals surface area contributed by atoms with Crippen LogP contribution >= 0.6 is 15.9 Å². The van der Waals surface area contributed by atoms with Crippen LogP contribution in [0.3, 0.4) is 0 Å². The third-order valence-corrected chi connectivity index (χ3v) is 4.10. The molecule has 1 aromatic rings. The fourth-order valence-corrected chi connectivity index (χ4v) is 2.93. The maximum Gasteiger partial charge on any atom is 0.226 e. The minimum absolute atomic E-state index is 0.169. The van der Waals surface area contributed by atoms with Gasteiger partial charge in [-0.25, -0.2) is 0 Å². The molecule has 2 rings (SSSR count). The largest absolute Gasteiger partial charge is 0.492 e. The molecule has 0 aliphatic carbocycles. The van der Waals surface area contributed by atoms with Crippen molar-refractivity contribution < 1.29 is 9.53 Å². The van der Waals surface area contributed by atoms with Crippen LogP contribution in [0, 0.1) is 6.92 Å². The molecule has 1 amide bonds. The first kappa shape index (κ1) is 15.3. The molecule has 0 unspecified atom stereocenters. The zero-order valence-electron chi connectivity index (χ0n) is 12.0. The van der Waals surface area contributed by atoms with Crippen LogP contribution in [0.15, 0.2) is 22.7 Å². The lowest BCUT2D eigenvalue weighted by Crippen LogP contribution is -2.52. The molecule has 0 bridgehead atoms. The van der Waals surface area contributed by atoms with E-state index in [4.69, 9.17) is 4.74 Å². The second-order valence-corrected chi connectivity index (χ2v) is 6.03. The molecule has 1 aliphatic rings. The van der Waals surface area contributed by atoms with Crippen LogP contribution in [0.5, 0.6) is 5.75 Å². The van der Waals surface area contributed by atoms with E-state index in [1.54, 1.807) is 0 Å². The van der Waals surface area contributed by atoms with Gasteiger partial charge in [-0.2, -0.15) is 0 Å². The zero-order chi connectivity index (χ0) is 14.5. The van der Waals surface area contributed by atoms with E-state index in [-0.39, 0.29) is 11.9 Å². The number of nitrogens with one attached hydrogen (secondary N) is 1. The van der Waals surface area contributed by atoms with Gasteiger partial charge >= 0.3 is 0 Å². The van der Waals surface area contributed by atoms with Crippen LogP contribution < -0.4 is 10.1 Å². The number of hydrogen-bond acceptors (Lipinski definition) is 3. The Balaban J connectivity index is 1.81. The number of hydrogen-bond donors (Lipinski definition) is 1. The maximum atomic E-state index is 12.1. The van der Waals surface area contributed by atoms with Crippen LogP contribution in [0.25, 0.3) is 0 Å². The summed E-state index contributed by atoms with van der Waals surface area (Å²) in [6.07, 6.45) is 0.421. The number of aryl methyl sites for hydroxylation is 1. The molecule has 20 heavy (non-hydrogen) atoms. The van der Waals surface area contributed by atoms with Gasteiger partial charge in [-0.05, 0) is 47.5 Å². The summed E-state index contributed by atoms with van der Waals surface area (Å²) >= 11 is 3.47. The van der Waals surface area contributed by atoms with Gasteiger partial charge in [0.15, 0.2) is 0 Å². The van der Waals surface area contributed by atoms with Crippen molar-refractivity contribution in [1.82, 2.24) is 10.2 Å². The van der Waals surface area contributed by atoms with Crippen molar-refractivity contribution in [3.63, 3.8) is 0 Å². The highest BCUT2D eigenvalue weighted by Gasteiger charge is 2.22. The fraction of sp³-hybridized carbons (Fsp3) is 0.533. The Morgan fingerprint density at radius 3 is 3.05 bits per heavy atom. The lowest BCUT2D eigenvalue weighted by Gasteiger charge is -2.34. The summed E-state index contributed by atoms with van der Waals surface area (Å²) in [6.45, 7) is 7.05. The van der Waals surface area contributed by atoms with Gasteiger partial charge in [0, 0.05) is 25.7 Å². The van der Waals surface area contributed by atoms with Crippen molar-refractivity contribution in [2.45, 2.75) is 26.3 Å². The molecule has 0 radical (unpaired) electrons. The standard InChI is InChI=1S/C15H21BrN2O2/c1-11-3-4-14(13(16)9-11)20-8-5-15(19)18-7-6-17-10-12(18)2/h3-4,9,12,17H,5-8,10H2,1-2H3/t12-/m0/s1. The van der Waals surface area contributed by atoms with Gasteiger partial charge in [0.05, 0.1) is 17.5 Å². The van der Waals surface area contributed by atoms with Crippen molar-refractivity contribution >= 4 is 21.8 Å². The smallest absolute Gasteiger partial charge is 0.226 e. The highest BCUT2D eigenvalue weighted by atomic mass is 79.9. The minimum Gasteiger partial charge on any atom is -0.492 e. The molecular weight excluding hydrogens is 320 g/mol. The maximum absolute atomic E-state index is 12.1. The number of amides is 1. The summed E-state index contributed by atoms with van der Waals surface area (Å²) in [4.78, 5) is 14.1. The molecule has 1 aliphatic heterocycles. The van der Waals surface area contributed by atoms with E-state index in [1.807, 2.05) is 30.0 Å². The van der Waals surface area contributed by atoms with Crippen LogP contribution in [0.1, 0.15) is 18.9 Å². The van der Waals surface area contributed by atoms with Gasteiger partial charge in [-0.1, -0.05) is 6.07 Å². The number of benzene rings is 1. The van der Waals surface area contributed by atoms with Gasteiger partial charge in [-0.15, -0.1) is 0 Å². The molecule has 1 saturated heterocycles. The third kappa shape index (κ3) is 3.96. The molecule has 1 N–H and O–H groups in total. The Morgan fingerprint density at radius 1 is 1.55 bits per heavy atom. The molecule has 1 heterocycles. The van der Waals surface area contributed by atoms with Crippen molar-refractivity contribution in [1.29, 1.82) is 0 Å². The first-order valence-corrected chi connectivity index (χ1v) is 7.76. The lowest BCUT2D eigenvalue weighted by molar-refractivity contribution is -0.134. The van der Waals surface area contributed by atoms with Gasteiger partial charge in [-0.3, -0.25) is 4.79 Å². The molecule has 0 spiro atoms. The Morgan fingerprint density at radius 2 is 2.35 bits per heavy atom. The summed E-state index contributed by atoms with van der Waals surface area (Å²) in [5, 5.41) is 3.28. The quantitative estimate of drug-likeness (QED) is 0.914. The normalized spacial score (nSPS) is 18.9. The molecule has 0 aromatic heterocycles. The van der Waals surface area contributed by atoms with Gasteiger partial charge in [0.1, 0.15) is 5.75 Å². The number of carbonyl (C=O) groups excluding carboxylic acids is 1. The molecule has 1 fully saturated rings. The van der Waals surface area contributed by atoms with Crippen LogP contribution in [0.2, 0.25) is 0 Å². The SMILES string of the molecule is Cc1ccc(OCCC(=O)N2CCNC[C@@H]2C)c(Br)c1. The summed E-state index contributed by atoms with van der Waals surface area (Å²) in [5.74, 6) is 0.957. The van der Waals surface area contributed by atoms with E-state index in [2.05, 4.69) is 28.2 Å². The van der Waals surface area contributed by atoms with Gasteiger partial charge in [0.2, 0.25) is 5.91 Å². The topological polar surface area (TPSA) is 41.6 Å². The van der Waals surface area contributed by atoms with E-state index in [9.17, 15) is 4.79 Å². The summed E-state index contributed by atoms with van der Waals surface area (Å²) in [6, 6.07) is 6.20. The summed E-state index contributed by atoms with van der Waals surface area (Å²) in [5.41, 5.74) is 1.18. The highest BCUT2D eigenvalue weighted by Crippen LogP contribution is 2.25. The van der Waals surface area contributed by atoms with Crippen molar-refractivity contribution in [3.05, 3.63) is 28.2 Å². The van der Waals surface area contributed by atoms with Crippen molar-refractivity contribution in [3.8, 4) is 5.75 Å². The Hall–Kier alpha value is -1.07. The second-order valence-electron chi connectivity index (χ2n) is 5.17. The molecule has 4 nitrogen and oxygen atoms in total. The highest BCUT2D eigenvalue weighted by molar-refractivity contribution is 9.10. The average molecular weight is 341 g/mol. The fourth-order valence-electron chi connectivity index (χ4n) is 2.33. The van der Waals surface area contributed by atoms with Crippen LogP contribution in [-0.4, -0.2) is 43.1 Å². The second kappa shape index (κ2) is 7.09. The van der Waals surface area contributed by atoms with E-state index < -0.39 is 0 Å². The summed E-state index contributed by atoms with van der Waals surface area (Å²) in [7, 11) is 0. The first-order valence-electron chi connectivity index (χ1n) is 6.97. The minimum atomic E-state index is 0.169.